The maximum atomic E-state index is 12.5. The monoisotopic (exact) mass is 2130 g/mol. The SMILES string of the molecule is C.CCOC(=O)c1c(C=O)nc(OC)nc1-c1ccco1.CO.COc1nc(-c2ccco2)c2c(n1)C(Cc1ccccc1C)OC2=O.Cc1ccccc1CBr.Cc1ccccc1CC1OC(=O)c2c(-c3ccco3)nc(=O)[nH]c21.Cc1ccccc1CC1OC(=O)c2c(-c3ccco3)nc(Cl)nc21.Cc1ccccc1CC1OC(=O)c2c(-c3ccco3)nc(N)nc21.N.O=P(Cl)(Cl)Cl.[I-].[Li+]. The van der Waals surface area contributed by atoms with Crippen molar-refractivity contribution in [2.24, 2.45) is 0 Å². The molecule has 708 valence electrons. The molecule has 0 saturated carbocycles. The van der Waals surface area contributed by atoms with Gasteiger partial charge in [-0.15, -0.1) is 0 Å². The number of nitrogens with two attached hydrogens (primary N) is 1. The number of nitrogens with zero attached hydrogens (tertiary/aromatic N) is 9. The molecule has 7 N–H and O–H groups in total. The smallest absolute Gasteiger partial charge is 1.00 e. The predicted octanol–water partition coefficient (Wildman–Crippen LogP) is 15.4. The number of benzene rings is 5. The summed E-state index contributed by atoms with van der Waals surface area (Å²) in [4.78, 5) is 125. The Kier molecular flexibility index (Phi) is 41.1. The number of fused-ring (bicyclic) bond motifs is 4. The Bertz CT molecular complexity index is 6600. The number of aromatic nitrogens is 10. The Balaban J connectivity index is 0.000000201. The average Bonchev–Trinajstić information content (AvgIpc) is 1.66. The van der Waals surface area contributed by atoms with E-state index in [4.69, 9.17) is 77.7 Å². The first-order chi connectivity index (χ1) is 64.1. The Morgan fingerprint density at radius 1 is 0.460 bits per heavy atom. The fourth-order valence-electron chi connectivity index (χ4n) is 14.2. The number of anilines is 1. The maximum Gasteiger partial charge on any atom is 1.00 e. The summed E-state index contributed by atoms with van der Waals surface area (Å²) in [6.45, 7) is 12.0. The number of esters is 5. The third-order valence-electron chi connectivity index (χ3n) is 20.5. The van der Waals surface area contributed by atoms with Crippen LogP contribution in [-0.4, -0.2) is 119 Å². The minimum atomic E-state index is -3.22. The summed E-state index contributed by atoms with van der Waals surface area (Å²) in [5, 5.41) is 4.80. The topological polar surface area (TPSA) is 480 Å². The number of aromatic amines is 1. The summed E-state index contributed by atoms with van der Waals surface area (Å²) >= 11 is 23.3. The van der Waals surface area contributed by atoms with E-state index in [9.17, 15) is 38.1 Å². The number of methoxy groups -OCH3 is 2. The molecule has 15 aromatic rings. The zero-order chi connectivity index (χ0) is 95.2. The number of carbonyl (C=O) groups is 6. The number of ether oxygens (including phenoxy) is 7. The Morgan fingerprint density at radius 3 is 1.12 bits per heavy atom. The largest absolute Gasteiger partial charge is 1.00 e. The van der Waals surface area contributed by atoms with Crippen LogP contribution >= 0.6 is 66.5 Å². The maximum absolute atomic E-state index is 12.5. The average molecular weight is 2130 g/mol. The Labute approximate surface area is 842 Å². The summed E-state index contributed by atoms with van der Waals surface area (Å²) in [7, 11) is 3.85. The Hall–Kier alpha value is -12.8. The molecule has 0 fully saturated rings. The van der Waals surface area contributed by atoms with Crippen molar-refractivity contribution >= 4 is 109 Å². The summed E-state index contributed by atoms with van der Waals surface area (Å²) in [6.07, 6.45) is 8.04. The molecule has 10 aromatic heterocycles. The van der Waals surface area contributed by atoms with Crippen LogP contribution in [0.25, 0.3) is 57.3 Å². The number of hydrogen-bond acceptors (Lipinski definition) is 32. The van der Waals surface area contributed by atoms with Gasteiger partial charge in [-0.2, -0.15) is 24.9 Å². The van der Waals surface area contributed by atoms with Crippen LogP contribution in [0.3, 0.4) is 0 Å². The van der Waals surface area contributed by atoms with Crippen molar-refractivity contribution in [2.75, 3.05) is 33.7 Å². The number of rotatable bonds is 19. The van der Waals surface area contributed by atoms with Crippen molar-refractivity contribution in [3.63, 3.8) is 0 Å². The van der Waals surface area contributed by atoms with Gasteiger partial charge in [-0.25, -0.2) is 48.7 Å². The number of aryl methyl sites for hydroxylation is 5. The fourth-order valence-corrected chi connectivity index (χ4v) is 15.0. The minimum Gasteiger partial charge on any atom is -1.00 e. The van der Waals surface area contributed by atoms with Gasteiger partial charge in [0, 0.05) is 38.1 Å². The first-order valence-corrected chi connectivity index (χ1v) is 46.4. The molecule has 0 bridgehead atoms. The number of carbonyl (C=O) groups excluding carboxylic acids is 6. The molecule has 137 heavy (non-hydrogen) atoms. The van der Waals surface area contributed by atoms with Gasteiger partial charge >= 0.3 is 71.6 Å². The van der Waals surface area contributed by atoms with E-state index in [1.807, 2.05) is 125 Å². The third kappa shape index (κ3) is 27.6. The number of nitrogens with one attached hydrogen (secondary N) is 1. The molecule has 4 aliphatic rings. The van der Waals surface area contributed by atoms with Gasteiger partial charge in [0.1, 0.15) is 103 Å². The number of cyclic esters (lactones) is 4. The van der Waals surface area contributed by atoms with Crippen LogP contribution in [-0.2, 0) is 59.3 Å². The van der Waals surface area contributed by atoms with Gasteiger partial charge in [-0.3, -0.25) is 9.36 Å². The molecule has 5 aromatic carbocycles. The van der Waals surface area contributed by atoms with Crippen LogP contribution in [0.5, 0.6) is 12.0 Å². The van der Waals surface area contributed by atoms with E-state index in [0.29, 0.717) is 117 Å². The molecule has 0 radical (unpaired) electrons. The van der Waals surface area contributed by atoms with Gasteiger partial charge in [0.05, 0.1) is 57.8 Å². The second-order valence-electron chi connectivity index (χ2n) is 28.9. The molecule has 19 rings (SSSR count). The predicted molar refractivity (Wildman–Crippen MR) is 506 cm³/mol. The van der Waals surface area contributed by atoms with Gasteiger partial charge in [0.2, 0.25) is 11.2 Å². The van der Waals surface area contributed by atoms with Gasteiger partial charge in [-0.05, 0) is 203 Å². The number of nitrogen functional groups attached to an aromatic ring is 1. The van der Waals surface area contributed by atoms with E-state index in [1.54, 1.807) is 67.6 Å². The first-order valence-electron chi connectivity index (χ1n) is 40.5. The summed E-state index contributed by atoms with van der Waals surface area (Å²) < 4.78 is 73.4. The molecule has 0 amide bonds. The molecule has 0 aliphatic carbocycles. The number of aldehydes is 1. The van der Waals surface area contributed by atoms with Crippen LogP contribution in [0.4, 0.5) is 5.95 Å². The molecule has 4 unspecified atom stereocenters. The van der Waals surface area contributed by atoms with E-state index >= 15 is 0 Å². The van der Waals surface area contributed by atoms with E-state index in [-0.39, 0.29) is 114 Å². The molecule has 41 heteroatoms. The molecule has 4 aliphatic heterocycles. The summed E-state index contributed by atoms with van der Waals surface area (Å²) in [5.74, 6) is -0.356. The molecule has 0 saturated heterocycles. The number of halogens is 6. The van der Waals surface area contributed by atoms with Crippen molar-refractivity contribution in [3.05, 3.63) is 341 Å². The summed E-state index contributed by atoms with van der Waals surface area (Å²) in [5.41, 5.74) is 21.5. The molecule has 0 spiro atoms. The fraction of sp³-hybridized carbons (Fsp3) is 0.208. The van der Waals surface area contributed by atoms with Crippen molar-refractivity contribution in [3.8, 4) is 69.3 Å². The van der Waals surface area contributed by atoms with E-state index in [2.05, 4.69) is 131 Å². The second kappa shape index (κ2) is 51.4. The quantitative estimate of drug-likeness (QED) is 0.00853. The number of aliphatic hydroxyl groups is 1. The molecule has 14 heterocycles. The number of H-pyrrole nitrogens is 1. The van der Waals surface area contributed by atoms with Gasteiger partial charge in [0.25, 0.3) is 0 Å². The van der Waals surface area contributed by atoms with Crippen LogP contribution < -0.4 is 69.9 Å². The van der Waals surface area contributed by atoms with Gasteiger partial charge in [0.15, 0.2) is 35.1 Å². The molecule has 4 atom stereocenters. The Morgan fingerprint density at radius 2 is 0.774 bits per heavy atom. The minimum absolute atomic E-state index is 0. The van der Waals surface area contributed by atoms with Crippen LogP contribution in [0.15, 0.2) is 240 Å². The van der Waals surface area contributed by atoms with E-state index in [1.165, 1.54) is 56.7 Å². The number of hydrogen-bond donors (Lipinski definition) is 4. The first kappa shape index (κ1) is 110. The molecular formula is C96H90BrCl4ILiN12O21P. The molecular weight excluding hydrogens is 2040 g/mol. The number of aliphatic hydroxyl groups excluding tert-OH is 1. The van der Waals surface area contributed by atoms with Crippen LogP contribution in [0.2, 0.25) is 5.28 Å². The standard InChI is InChI=1S/C19H16N2O4.C18H13ClN2O3.C18H15N3O3.C18H14N2O4.C13H12N2O5.C8H9Br.CH4O.CH4.Cl3OP.HI.Li.H3N/c1-11-6-3-4-7-12(11)10-14-17-15(18(22)25-14)16(13-8-5-9-24-13)20-19(21-17)23-2;2*1-10-5-2-3-6-11(10)9-13-16-14(17(22)24-13)15(20-18(19)21-16)12-7-4-8-23-12;1-10-5-2-3-6-11(10)9-13-16-14(17(21)24-13)15(19-18(22)20-16)12-7-4-8-23-12;1-3-19-12(17)10-8(7-16)14-13(18-2)15-11(10)9-5-4-6-20-9;1-7-4-2-3-5-8(7)6-9;1-2;;1-5(2,3)4;;;/h3-9,14H,10H2,1-2H3;2-8,13H,9H2,1H3;2-8,13H,9H2,1H3,(H2,19,20,21);2-8,13H,9H2,1H3,(H,19,20,22);4-7H,3H2,1-2H3;2-5H,6H2,1H3;2H,1H3;1H4;;1H;;1H3/q;;;;;;;;;;+1;/p-1. The number of alkyl halides is 1. The zero-order valence-corrected chi connectivity index (χ0v) is 82.1. The van der Waals surface area contributed by atoms with Crippen molar-refractivity contribution < 1.29 is 137 Å². The number of furan rings is 5. The van der Waals surface area contributed by atoms with Crippen molar-refractivity contribution in [1.29, 1.82) is 0 Å². The van der Waals surface area contributed by atoms with E-state index in [0.717, 1.165) is 56.9 Å². The van der Waals surface area contributed by atoms with Gasteiger partial charge in [-0.1, -0.05) is 145 Å². The summed E-state index contributed by atoms with van der Waals surface area (Å²) in [6, 6.07) is 57.3. The zero-order valence-electron chi connectivity index (χ0n) is 74.5. The van der Waals surface area contributed by atoms with Gasteiger partial charge < -0.3 is 101 Å². The van der Waals surface area contributed by atoms with E-state index < -0.39 is 65.2 Å². The third-order valence-corrected chi connectivity index (χ3v) is 21.3. The second-order valence-corrected chi connectivity index (χ2v) is 36.4. The normalized spacial score (nSPS) is 13.9. The van der Waals surface area contributed by atoms with Crippen LogP contribution in [0, 0.1) is 34.6 Å². The van der Waals surface area contributed by atoms with Crippen molar-refractivity contribution in [1.82, 2.24) is 56.0 Å². The molecule has 33 nitrogen and oxygen atoms in total. The van der Waals surface area contributed by atoms with Crippen LogP contribution in [0.1, 0.15) is 179 Å². The van der Waals surface area contributed by atoms with Crippen molar-refractivity contribution in [2.45, 2.75) is 104 Å².